The molecule has 2 aliphatic rings. The summed E-state index contributed by atoms with van der Waals surface area (Å²) < 4.78 is 11.9. The lowest BCUT2D eigenvalue weighted by atomic mass is 9.92. The molecule has 45 heavy (non-hydrogen) atoms. The van der Waals surface area contributed by atoms with E-state index in [2.05, 4.69) is 24.1 Å². The number of thioether (sulfide) groups is 1. The van der Waals surface area contributed by atoms with Gasteiger partial charge in [0.25, 0.3) is 0 Å². The lowest BCUT2D eigenvalue weighted by Crippen LogP contribution is -2.65. The maximum atomic E-state index is 13.3. The molecule has 2 aliphatic heterocycles. The molecule has 0 aromatic carbocycles. The van der Waals surface area contributed by atoms with Crippen molar-refractivity contribution in [2.75, 3.05) is 19.8 Å². The van der Waals surface area contributed by atoms with E-state index in [0.29, 0.717) is 5.92 Å². The molecule has 2 saturated heterocycles. The normalized spacial score (nSPS) is 28.6. The van der Waals surface area contributed by atoms with Gasteiger partial charge in [-0.25, -0.2) is 0 Å². The fourth-order valence-corrected chi connectivity index (χ4v) is 7.83. The number of nitrogens with zero attached hydrogens (tertiary/aromatic N) is 1. The maximum Gasteiger partial charge on any atom is 0.306 e. The predicted octanol–water partition coefficient (Wildman–Crippen LogP) is 6.81. The third-order valence-electron chi connectivity index (χ3n) is 9.61. The van der Waals surface area contributed by atoms with Gasteiger partial charge in [0, 0.05) is 13.0 Å². The molecule has 0 aliphatic carbocycles. The largest absolute Gasteiger partial charge is 0.456 e. The van der Waals surface area contributed by atoms with Crippen molar-refractivity contribution in [3.8, 4) is 0 Å². The van der Waals surface area contributed by atoms with Crippen LogP contribution >= 0.6 is 23.4 Å². The molecule has 0 unspecified atom stereocenters. The molecule has 9 atom stereocenters. The van der Waals surface area contributed by atoms with E-state index < -0.39 is 47.2 Å². The minimum Gasteiger partial charge on any atom is -0.456 e. The molecule has 0 radical (unpaired) electrons. The monoisotopic (exact) mass is 676 g/mol. The molecular formula is C35H65ClN2O6S. The summed E-state index contributed by atoms with van der Waals surface area (Å²) in [6.07, 6.45) is 17.7. The molecule has 264 valence electrons. The first-order valence-electron chi connectivity index (χ1n) is 18.0. The van der Waals surface area contributed by atoms with Crippen LogP contribution in [0.5, 0.6) is 0 Å². The number of unbranched alkanes of at least 4 members (excludes halogenated alkanes) is 13. The standard InChI is InChI=1S/C35H65ClN2O6S/c1-6-8-9-10-11-12-13-14-15-16-17-18-19-20-22-28(39)43-33-31(41)30(40)32(44-35(33)45-5)29(25(3)36)37-34(42)27-23-26(21-7-2)24-38(27)4/h25-27,29-33,35,40-41H,6-24H2,1-5H3,(H,37,42)/t25-,26-,27+,29+,30-,31+,32-,33-,35-/m1/s1. The summed E-state index contributed by atoms with van der Waals surface area (Å²) in [5.74, 6) is -0.0733. The summed E-state index contributed by atoms with van der Waals surface area (Å²) in [6, 6.07) is -1.01. The summed E-state index contributed by atoms with van der Waals surface area (Å²) >= 11 is 7.82. The predicted molar refractivity (Wildman–Crippen MR) is 186 cm³/mol. The van der Waals surface area contributed by atoms with Crippen molar-refractivity contribution in [2.45, 2.75) is 184 Å². The average Bonchev–Trinajstić information content (AvgIpc) is 3.38. The van der Waals surface area contributed by atoms with E-state index in [4.69, 9.17) is 21.1 Å². The lowest BCUT2D eigenvalue weighted by molar-refractivity contribution is -0.218. The van der Waals surface area contributed by atoms with Crippen LogP contribution in [0.1, 0.15) is 136 Å². The number of likely N-dealkylation sites (N-methyl/N-ethyl adjacent to an activating group) is 1. The number of aliphatic hydroxyl groups excluding tert-OH is 2. The maximum absolute atomic E-state index is 13.3. The Kier molecular flexibility index (Phi) is 20.7. The van der Waals surface area contributed by atoms with Crippen molar-refractivity contribution < 1.29 is 29.3 Å². The number of aliphatic hydroxyl groups is 2. The summed E-state index contributed by atoms with van der Waals surface area (Å²) in [5.41, 5.74) is -0.702. The molecule has 2 rings (SSSR count). The molecular weight excluding hydrogens is 612 g/mol. The van der Waals surface area contributed by atoms with Crippen molar-refractivity contribution in [1.82, 2.24) is 10.2 Å². The zero-order valence-electron chi connectivity index (χ0n) is 28.9. The molecule has 0 spiro atoms. The summed E-state index contributed by atoms with van der Waals surface area (Å²) in [7, 11) is 1.95. The second kappa shape index (κ2) is 22.9. The highest BCUT2D eigenvalue weighted by Gasteiger charge is 2.50. The number of hydrogen-bond acceptors (Lipinski definition) is 8. The molecule has 10 heteroatoms. The smallest absolute Gasteiger partial charge is 0.306 e. The fourth-order valence-electron chi connectivity index (χ4n) is 6.90. The molecule has 0 aromatic heterocycles. The Balaban J connectivity index is 1.74. The Labute approximate surface area is 283 Å². The van der Waals surface area contributed by atoms with E-state index in [9.17, 15) is 19.8 Å². The zero-order valence-corrected chi connectivity index (χ0v) is 30.5. The van der Waals surface area contributed by atoms with Crippen LogP contribution in [0, 0.1) is 5.92 Å². The Bertz CT molecular complexity index is 821. The Morgan fingerprint density at radius 1 is 0.933 bits per heavy atom. The quantitative estimate of drug-likeness (QED) is 0.0616. The zero-order chi connectivity index (χ0) is 33.2. The summed E-state index contributed by atoms with van der Waals surface area (Å²) in [6.45, 7) is 7.02. The minimum atomic E-state index is -1.38. The van der Waals surface area contributed by atoms with Crippen LogP contribution in [0.3, 0.4) is 0 Å². The van der Waals surface area contributed by atoms with Gasteiger partial charge in [-0.3, -0.25) is 14.5 Å². The highest BCUT2D eigenvalue weighted by atomic mass is 35.5. The van der Waals surface area contributed by atoms with Crippen molar-refractivity contribution >= 4 is 35.2 Å². The van der Waals surface area contributed by atoms with Crippen molar-refractivity contribution in [2.24, 2.45) is 5.92 Å². The van der Waals surface area contributed by atoms with E-state index >= 15 is 0 Å². The van der Waals surface area contributed by atoms with E-state index in [-0.39, 0.29) is 18.4 Å². The third kappa shape index (κ3) is 14.2. The fraction of sp³-hybridized carbons (Fsp3) is 0.943. The molecule has 0 saturated carbocycles. The van der Waals surface area contributed by atoms with Crippen LogP contribution in [-0.4, -0.2) is 94.2 Å². The second-order valence-electron chi connectivity index (χ2n) is 13.5. The van der Waals surface area contributed by atoms with E-state index in [1.165, 1.54) is 82.4 Å². The van der Waals surface area contributed by atoms with Crippen LogP contribution in [0.25, 0.3) is 0 Å². The van der Waals surface area contributed by atoms with Gasteiger partial charge in [0.15, 0.2) is 6.10 Å². The van der Waals surface area contributed by atoms with Gasteiger partial charge in [0.05, 0.1) is 17.5 Å². The molecule has 1 amide bonds. The van der Waals surface area contributed by atoms with Gasteiger partial charge in [-0.2, -0.15) is 0 Å². The highest BCUT2D eigenvalue weighted by Crippen LogP contribution is 2.33. The van der Waals surface area contributed by atoms with Gasteiger partial charge in [0.2, 0.25) is 5.91 Å². The molecule has 0 aromatic rings. The Morgan fingerprint density at radius 3 is 2.00 bits per heavy atom. The first-order chi connectivity index (χ1) is 21.6. The first kappa shape index (κ1) is 40.6. The molecule has 2 fully saturated rings. The number of likely N-dealkylation sites (tertiary alicyclic amines) is 1. The number of ether oxygens (including phenoxy) is 2. The van der Waals surface area contributed by atoms with E-state index in [1.807, 2.05) is 7.05 Å². The number of amides is 1. The number of nitrogens with one attached hydrogen (secondary N) is 1. The van der Waals surface area contributed by atoms with Crippen LogP contribution in [-0.2, 0) is 19.1 Å². The molecule has 0 bridgehead atoms. The Hall–Kier alpha value is -0.580. The first-order valence-corrected chi connectivity index (χ1v) is 19.7. The SMILES string of the molecule is CCCCCCCCCCCCCCCCC(=O)O[C@@H]1[C@@H](O)[C@@H](O)[C@@H]([C@@H](NC(=O)[C@@H]2C[C@@H](CCC)CN2C)[C@@H](C)Cl)O[C@@H]1SC. The average molecular weight is 677 g/mol. The number of halogens is 1. The van der Waals surface area contributed by atoms with Gasteiger partial charge in [-0.05, 0) is 45.4 Å². The number of esters is 1. The van der Waals surface area contributed by atoms with Crippen LogP contribution in [0.2, 0.25) is 0 Å². The second-order valence-corrected chi connectivity index (χ2v) is 15.2. The minimum absolute atomic E-state index is 0.152. The van der Waals surface area contributed by atoms with Crippen LogP contribution in [0.4, 0.5) is 0 Å². The van der Waals surface area contributed by atoms with Gasteiger partial charge >= 0.3 is 5.97 Å². The highest BCUT2D eigenvalue weighted by molar-refractivity contribution is 7.99. The van der Waals surface area contributed by atoms with Gasteiger partial charge in [-0.1, -0.05) is 104 Å². The number of carbonyl (C=O) groups excluding carboxylic acids is 2. The van der Waals surface area contributed by atoms with Crippen LogP contribution < -0.4 is 5.32 Å². The van der Waals surface area contributed by atoms with Crippen molar-refractivity contribution in [1.29, 1.82) is 0 Å². The third-order valence-corrected chi connectivity index (χ3v) is 10.7. The summed E-state index contributed by atoms with van der Waals surface area (Å²) in [4.78, 5) is 28.1. The van der Waals surface area contributed by atoms with Crippen molar-refractivity contribution in [3.63, 3.8) is 0 Å². The Morgan fingerprint density at radius 2 is 1.49 bits per heavy atom. The van der Waals surface area contributed by atoms with E-state index in [1.54, 1.807) is 13.2 Å². The number of rotatable bonds is 23. The van der Waals surface area contributed by atoms with Gasteiger partial charge in [0.1, 0.15) is 23.7 Å². The van der Waals surface area contributed by atoms with Gasteiger partial charge < -0.3 is 25.0 Å². The number of carbonyl (C=O) groups is 2. The number of alkyl halides is 1. The summed E-state index contributed by atoms with van der Waals surface area (Å²) in [5, 5.41) is 24.6. The topological polar surface area (TPSA) is 108 Å². The molecule has 2 heterocycles. The van der Waals surface area contributed by atoms with Gasteiger partial charge in [-0.15, -0.1) is 23.4 Å². The van der Waals surface area contributed by atoms with Crippen molar-refractivity contribution in [3.05, 3.63) is 0 Å². The lowest BCUT2D eigenvalue weighted by Gasteiger charge is -2.45. The van der Waals surface area contributed by atoms with E-state index in [0.717, 1.165) is 45.1 Å². The molecule has 3 N–H and O–H groups in total. The molecule has 8 nitrogen and oxygen atoms in total. The number of hydrogen-bond donors (Lipinski definition) is 3. The van der Waals surface area contributed by atoms with Crippen LogP contribution in [0.15, 0.2) is 0 Å².